The van der Waals surface area contributed by atoms with Crippen LogP contribution in [0.15, 0.2) is 18.2 Å². The zero-order valence-corrected chi connectivity index (χ0v) is 15.4. The molecular formula is C18H24ClNO5. The highest BCUT2D eigenvalue weighted by Gasteiger charge is 2.14. The molecule has 0 heterocycles. The Hall–Kier alpha value is -2.08. The van der Waals surface area contributed by atoms with Gasteiger partial charge in [0.25, 0.3) is 0 Å². The van der Waals surface area contributed by atoms with Crippen LogP contribution >= 0.6 is 11.6 Å². The second-order valence-corrected chi connectivity index (χ2v) is 5.97. The topological polar surface area (TPSA) is 81.7 Å². The van der Waals surface area contributed by atoms with Crippen molar-refractivity contribution in [2.45, 2.75) is 38.5 Å². The largest absolute Gasteiger partial charge is 0.496 e. The maximum Gasteiger partial charge on any atom is 0.305 e. The average molecular weight is 370 g/mol. The van der Waals surface area contributed by atoms with E-state index in [2.05, 4.69) is 10.1 Å². The van der Waals surface area contributed by atoms with E-state index in [0.717, 1.165) is 19.3 Å². The van der Waals surface area contributed by atoms with Crippen LogP contribution in [-0.2, 0) is 14.3 Å². The first-order valence-electron chi connectivity index (χ1n) is 8.18. The van der Waals surface area contributed by atoms with Gasteiger partial charge in [0.2, 0.25) is 5.91 Å². The highest BCUT2D eigenvalue weighted by molar-refractivity contribution is 6.31. The first-order valence-corrected chi connectivity index (χ1v) is 8.56. The van der Waals surface area contributed by atoms with Crippen LogP contribution in [-0.4, -0.2) is 38.4 Å². The number of carbonyl (C=O) groups is 3. The molecule has 0 unspecified atom stereocenters. The first-order chi connectivity index (χ1) is 12.0. The molecule has 0 bridgehead atoms. The number of benzene rings is 1. The summed E-state index contributed by atoms with van der Waals surface area (Å²) < 4.78 is 9.69. The lowest BCUT2D eigenvalue weighted by atomic mass is 10.1. The van der Waals surface area contributed by atoms with Gasteiger partial charge in [-0.25, -0.2) is 0 Å². The normalized spacial score (nSPS) is 10.2. The quantitative estimate of drug-likeness (QED) is 0.368. The molecule has 0 saturated heterocycles. The summed E-state index contributed by atoms with van der Waals surface area (Å²) in [4.78, 5) is 34.9. The molecule has 0 saturated carbocycles. The molecule has 0 atom stereocenters. The lowest BCUT2D eigenvalue weighted by Gasteiger charge is -2.09. The monoisotopic (exact) mass is 369 g/mol. The van der Waals surface area contributed by atoms with Gasteiger partial charge in [-0.1, -0.05) is 24.4 Å². The molecule has 0 spiro atoms. The standard InChI is InChI=1S/C18H24ClNO5/c1-24-16-10-9-13(19)11-14(16)15(21)12-20-17(22)7-5-3-4-6-8-18(23)25-2/h9-11H,3-8,12H2,1-2H3,(H,20,22). The number of amides is 1. The van der Waals surface area contributed by atoms with Gasteiger partial charge in [0.15, 0.2) is 5.78 Å². The van der Waals surface area contributed by atoms with Crippen molar-refractivity contribution in [2.24, 2.45) is 0 Å². The number of ether oxygens (including phenoxy) is 2. The van der Waals surface area contributed by atoms with Gasteiger partial charge >= 0.3 is 5.97 Å². The number of esters is 1. The maximum absolute atomic E-state index is 12.2. The molecular weight excluding hydrogens is 346 g/mol. The van der Waals surface area contributed by atoms with Crippen molar-refractivity contribution in [1.29, 1.82) is 0 Å². The molecule has 1 rings (SSSR count). The summed E-state index contributed by atoms with van der Waals surface area (Å²) in [6.07, 6.45) is 3.92. The van der Waals surface area contributed by atoms with Gasteiger partial charge in [0.05, 0.1) is 26.3 Å². The minimum absolute atomic E-state index is 0.0993. The van der Waals surface area contributed by atoms with Crippen molar-refractivity contribution in [1.82, 2.24) is 5.32 Å². The molecule has 0 aromatic heterocycles. The zero-order valence-electron chi connectivity index (χ0n) is 14.6. The third-order valence-corrected chi connectivity index (χ3v) is 3.91. The minimum Gasteiger partial charge on any atom is -0.496 e. The molecule has 0 aliphatic carbocycles. The summed E-state index contributed by atoms with van der Waals surface area (Å²) in [7, 11) is 2.84. The predicted molar refractivity (Wildman–Crippen MR) is 95.1 cm³/mol. The molecule has 0 fully saturated rings. The Morgan fingerprint density at radius 2 is 1.72 bits per heavy atom. The average Bonchev–Trinajstić information content (AvgIpc) is 2.62. The number of Topliss-reactive ketones (excluding diaryl/α,β-unsaturated/α-hetero) is 1. The number of nitrogens with one attached hydrogen (secondary N) is 1. The number of unbranched alkanes of at least 4 members (excludes halogenated alkanes) is 3. The van der Waals surface area contributed by atoms with Gasteiger partial charge in [-0.2, -0.15) is 0 Å². The second-order valence-electron chi connectivity index (χ2n) is 5.53. The predicted octanol–water partition coefficient (Wildman–Crippen LogP) is 3.16. The third kappa shape index (κ3) is 8.03. The first kappa shape index (κ1) is 21.0. The van der Waals surface area contributed by atoms with Crippen molar-refractivity contribution < 1.29 is 23.9 Å². The van der Waals surface area contributed by atoms with Crippen LogP contribution in [0.25, 0.3) is 0 Å². The third-order valence-electron chi connectivity index (χ3n) is 3.67. The molecule has 7 heteroatoms. The van der Waals surface area contributed by atoms with Crippen molar-refractivity contribution in [3.05, 3.63) is 28.8 Å². The van der Waals surface area contributed by atoms with Crippen LogP contribution in [0.5, 0.6) is 5.75 Å². The van der Waals surface area contributed by atoms with E-state index in [-0.39, 0.29) is 24.2 Å². The number of hydrogen-bond donors (Lipinski definition) is 1. The van der Waals surface area contributed by atoms with Gasteiger partial charge in [0, 0.05) is 17.9 Å². The van der Waals surface area contributed by atoms with E-state index < -0.39 is 0 Å². The van der Waals surface area contributed by atoms with Crippen LogP contribution in [0.3, 0.4) is 0 Å². The van der Waals surface area contributed by atoms with Crippen molar-refractivity contribution in [3.63, 3.8) is 0 Å². The molecule has 1 aromatic carbocycles. The van der Waals surface area contributed by atoms with E-state index in [0.29, 0.717) is 35.6 Å². The number of methoxy groups -OCH3 is 2. The second kappa shape index (κ2) is 11.5. The Bertz CT molecular complexity index is 603. The van der Waals surface area contributed by atoms with Crippen molar-refractivity contribution in [3.8, 4) is 5.75 Å². The van der Waals surface area contributed by atoms with Gasteiger partial charge in [-0.05, 0) is 31.0 Å². The summed E-state index contributed by atoms with van der Waals surface area (Å²) in [6, 6.07) is 4.78. The molecule has 1 aromatic rings. The lowest BCUT2D eigenvalue weighted by molar-refractivity contribution is -0.140. The minimum atomic E-state index is -0.259. The van der Waals surface area contributed by atoms with Crippen LogP contribution in [0.2, 0.25) is 5.02 Å². The van der Waals surface area contributed by atoms with Crippen LogP contribution in [0.1, 0.15) is 48.9 Å². The zero-order chi connectivity index (χ0) is 18.7. The number of carbonyl (C=O) groups excluding carboxylic acids is 3. The van der Waals surface area contributed by atoms with E-state index in [1.54, 1.807) is 12.1 Å². The Balaban J connectivity index is 2.27. The highest BCUT2D eigenvalue weighted by Crippen LogP contribution is 2.22. The number of ketones is 1. The fourth-order valence-electron chi connectivity index (χ4n) is 2.27. The van der Waals surface area contributed by atoms with Gasteiger partial charge in [-0.15, -0.1) is 0 Å². The smallest absolute Gasteiger partial charge is 0.305 e. The molecule has 0 aliphatic heterocycles. The Labute approximate surface area is 152 Å². The van der Waals surface area contributed by atoms with Crippen LogP contribution in [0, 0.1) is 0 Å². The summed E-state index contributed by atoms with van der Waals surface area (Å²) >= 11 is 5.90. The number of rotatable bonds is 11. The Kier molecular flexibility index (Phi) is 9.62. The molecule has 1 N–H and O–H groups in total. The Morgan fingerprint density at radius 1 is 1.04 bits per heavy atom. The molecule has 1 amide bonds. The van der Waals surface area contributed by atoms with Gasteiger partial charge < -0.3 is 14.8 Å². The van der Waals surface area contributed by atoms with Crippen molar-refractivity contribution in [2.75, 3.05) is 20.8 Å². The van der Waals surface area contributed by atoms with Gasteiger partial charge in [-0.3, -0.25) is 14.4 Å². The SMILES string of the molecule is COC(=O)CCCCCCC(=O)NCC(=O)c1cc(Cl)ccc1OC. The molecule has 25 heavy (non-hydrogen) atoms. The number of halogens is 1. The number of hydrogen-bond acceptors (Lipinski definition) is 5. The Morgan fingerprint density at radius 3 is 2.36 bits per heavy atom. The van der Waals surface area contributed by atoms with Crippen molar-refractivity contribution >= 4 is 29.3 Å². The lowest BCUT2D eigenvalue weighted by Crippen LogP contribution is -2.29. The fourth-order valence-corrected chi connectivity index (χ4v) is 2.44. The molecule has 6 nitrogen and oxygen atoms in total. The molecule has 138 valence electrons. The summed E-state index contributed by atoms with van der Waals surface area (Å²) in [6.45, 7) is -0.0993. The summed E-state index contributed by atoms with van der Waals surface area (Å²) in [5, 5.41) is 3.04. The summed E-state index contributed by atoms with van der Waals surface area (Å²) in [5.74, 6) is -0.227. The maximum atomic E-state index is 12.2. The summed E-state index contributed by atoms with van der Waals surface area (Å²) in [5.41, 5.74) is 0.345. The molecule has 0 radical (unpaired) electrons. The van der Waals surface area contributed by atoms with E-state index >= 15 is 0 Å². The highest BCUT2D eigenvalue weighted by atomic mass is 35.5. The van der Waals surface area contributed by atoms with E-state index in [1.807, 2.05) is 0 Å². The fraction of sp³-hybridized carbons (Fsp3) is 0.500. The van der Waals surface area contributed by atoms with Crippen LogP contribution < -0.4 is 10.1 Å². The van der Waals surface area contributed by atoms with E-state index in [4.69, 9.17) is 16.3 Å². The molecule has 0 aliphatic rings. The van der Waals surface area contributed by atoms with E-state index in [1.165, 1.54) is 20.3 Å². The van der Waals surface area contributed by atoms with Crippen LogP contribution in [0.4, 0.5) is 0 Å². The van der Waals surface area contributed by atoms with E-state index in [9.17, 15) is 14.4 Å². The van der Waals surface area contributed by atoms with Gasteiger partial charge in [0.1, 0.15) is 5.75 Å².